The van der Waals surface area contributed by atoms with Gasteiger partial charge in [-0.1, -0.05) is 0 Å². The van der Waals surface area contributed by atoms with Gasteiger partial charge in [-0.15, -0.1) is 23.1 Å². The van der Waals surface area contributed by atoms with Crippen molar-refractivity contribution in [2.45, 2.75) is 11.8 Å². The summed E-state index contributed by atoms with van der Waals surface area (Å²) in [5.41, 5.74) is 1.95. The highest BCUT2D eigenvalue weighted by Crippen LogP contribution is 2.36. The number of amides is 1. The molecule has 0 fully saturated rings. The molecule has 2 heterocycles. The maximum absolute atomic E-state index is 11.2. The van der Waals surface area contributed by atoms with Gasteiger partial charge in [0, 0.05) is 4.90 Å². The van der Waals surface area contributed by atoms with Gasteiger partial charge in [0.15, 0.2) is 0 Å². The average molecular weight is 236 g/mol. The Kier molecular flexibility index (Phi) is 1.97. The van der Waals surface area contributed by atoms with Gasteiger partial charge in [0.05, 0.1) is 26.7 Å². The third kappa shape index (κ3) is 1.52. The van der Waals surface area contributed by atoms with E-state index >= 15 is 0 Å². The van der Waals surface area contributed by atoms with Crippen LogP contribution in [0.4, 0.5) is 5.69 Å². The lowest BCUT2D eigenvalue weighted by molar-refractivity contribution is -0.113. The van der Waals surface area contributed by atoms with Crippen molar-refractivity contribution < 1.29 is 4.79 Å². The van der Waals surface area contributed by atoms with E-state index in [4.69, 9.17) is 0 Å². The van der Waals surface area contributed by atoms with Crippen LogP contribution in [0.2, 0.25) is 0 Å². The largest absolute Gasteiger partial charge is 0.324 e. The summed E-state index contributed by atoms with van der Waals surface area (Å²) in [4.78, 5) is 16.8. The van der Waals surface area contributed by atoms with E-state index in [1.807, 2.05) is 13.0 Å². The lowest BCUT2D eigenvalue weighted by Gasteiger charge is -2.15. The number of nitrogens with zero attached hydrogens (tertiary/aromatic N) is 1. The Labute approximate surface area is 94.9 Å². The molecule has 1 aliphatic rings. The number of nitrogens with one attached hydrogen (secondary N) is 1. The van der Waals surface area contributed by atoms with Crippen LogP contribution in [-0.4, -0.2) is 16.6 Å². The third-order valence-electron chi connectivity index (χ3n) is 2.23. The number of hydrogen-bond donors (Lipinski definition) is 1. The smallest absolute Gasteiger partial charge is 0.234 e. The van der Waals surface area contributed by atoms with Crippen molar-refractivity contribution in [1.29, 1.82) is 0 Å². The Morgan fingerprint density at radius 3 is 3.20 bits per heavy atom. The van der Waals surface area contributed by atoms with Gasteiger partial charge in [-0.2, -0.15) is 0 Å². The number of fused-ring (bicyclic) bond motifs is 2. The maximum atomic E-state index is 11.2. The van der Waals surface area contributed by atoms with E-state index in [1.165, 1.54) is 0 Å². The summed E-state index contributed by atoms with van der Waals surface area (Å²) in [5, 5.41) is 3.94. The van der Waals surface area contributed by atoms with Crippen LogP contribution < -0.4 is 5.32 Å². The van der Waals surface area contributed by atoms with Crippen molar-refractivity contribution in [2.24, 2.45) is 0 Å². The maximum Gasteiger partial charge on any atom is 0.234 e. The first-order chi connectivity index (χ1) is 7.22. The highest BCUT2D eigenvalue weighted by molar-refractivity contribution is 8.00. The lowest BCUT2D eigenvalue weighted by Crippen LogP contribution is -2.18. The molecule has 1 amide bonds. The van der Waals surface area contributed by atoms with Crippen molar-refractivity contribution >= 4 is 44.9 Å². The molecule has 1 aromatic heterocycles. The van der Waals surface area contributed by atoms with Crippen LogP contribution in [0.3, 0.4) is 0 Å². The molecule has 3 rings (SSSR count). The minimum Gasteiger partial charge on any atom is -0.324 e. The van der Waals surface area contributed by atoms with Gasteiger partial charge in [-0.25, -0.2) is 4.98 Å². The second kappa shape index (κ2) is 3.21. The molecule has 0 atom stereocenters. The number of carbonyl (C=O) groups is 1. The second-order valence-electron chi connectivity index (χ2n) is 3.39. The molecule has 1 aliphatic heterocycles. The summed E-state index contributed by atoms with van der Waals surface area (Å²) in [6.07, 6.45) is 0. The molecular formula is C10H8N2OS2. The van der Waals surface area contributed by atoms with Gasteiger partial charge < -0.3 is 5.32 Å². The predicted molar refractivity (Wildman–Crippen MR) is 63.7 cm³/mol. The standard InChI is InChI=1S/C10H8N2OS2/c1-5-11-7-2-8-6(3-9(7)15-5)12-10(13)4-14-8/h2-3H,4H2,1H3,(H,12,13). The van der Waals surface area contributed by atoms with Gasteiger partial charge in [0.2, 0.25) is 5.91 Å². The average Bonchev–Trinajstić information content (AvgIpc) is 2.53. The van der Waals surface area contributed by atoms with E-state index in [2.05, 4.69) is 16.4 Å². The molecule has 0 aliphatic carbocycles. The first-order valence-electron chi connectivity index (χ1n) is 4.56. The normalized spacial score (nSPS) is 15.1. The Hall–Kier alpha value is -1.07. The molecule has 1 aromatic carbocycles. The molecule has 15 heavy (non-hydrogen) atoms. The summed E-state index contributed by atoms with van der Waals surface area (Å²) in [6.45, 7) is 2.00. The number of thiazole rings is 1. The Balaban J connectivity index is 2.23. The van der Waals surface area contributed by atoms with Crippen LogP contribution in [0.5, 0.6) is 0 Å². The number of anilines is 1. The van der Waals surface area contributed by atoms with Gasteiger partial charge in [0.25, 0.3) is 0 Å². The van der Waals surface area contributed by atoms with Crippen LogP contribution in [0.15, 0.2) is 17.0 Å². The molecule has 0 unspecified atom stereocenters. The van der Waals surface area contributed by atoms with Gasteiger partial charge in [-0.05, 0) is 19.1 Å². The van der Waals surface area contributed by atoms with Crippen LogP contribution in [0, 0.1) is 6.92 Å². The molecule has 0 saturated carbocycles. The fourth-order valence-electron chi connectivity index (χ4n) is 1.62. The summed E-state index contributed by atoms with van der Waals surface area (Å²) in [5.74, 6) is 0.579. The number of carbonyl (C=O) groups excluding carboxylic acids is 1. The van der Waals surface area contributed by atoms with Crippen LogP contribution in [0.1, 0.15) is 5.01 Å². The molecule has 76 valence electrons. The first kappa shape index (κ1) is 9.18. The molecule has 0 bridgehead atoms. The van der Waals surface area contributed by atoms with E-state index in [9.17, 15) is 4.79 Å². The Morgan fingerprint density at radius 2 is 2.33 bits per heavy atom. The van der Waals surface area contributed by atoms with Crippen molar-refractivity contribution in [1.82, 2.24) is 4.98 Å². The number of rotatable bonds is 0. The molecule has 0 radical (unpaired) electrons. The highest BCUT2D eigenvalue weighted by atomic mass is 32.2. The van der Waals surface area contributed by atoms with Crippen molar-refractivity contribution in [3.63, 3.8) is 0 Å². The molecule has 3 nitrogen and oxygen atoms in total. The summed E-state index contributed by atoms with van der Waals surface area (Å²) < 4.78 is 1.13. The fraction of sp³-hybridized carbons (Fsp3) is 0.200. The molecule has 2 aromatic rings. The van der Waals surface area contributed by atoms with Crippen molar-refractivity contribution in [3.8, 4) is 0 Å². The summed E-state index contributed by atoms with van der Waals surface area (Å²) in [7, 11) is 0. The van der Waals surface area contributed by atoms with Crippen molar-refractivity contribution in [3.05, 3.63) is 17.1 Å². The number of aromatic nitrogens is 1. The van der Waals surface area contributed by atoms with Gasteiger partial charge in [0.1, 0.15) is 0 Å². The zero-order valence-electron chi connectivity index (χ0n) is 8.03. The Bertz CT molecular complexity index is 562. The monoisotopic (exact) mass is 236 g/mol. The van der Waals surface area contributed by atoms with Crippen molar-refractivity contribution in [2.75, 3.05) is 11.1 Å². The fourth-order valence-corrected chi connectivity index (χ4v) is 3.28. The second-order valence-corrected chi connectivity index (χ2v) is 5.64. The first-order valence-corrected chi connectivity index (χ1v) is 6.36. The quantitative estimate of drug-likeness (QED) is 0.764. The van der Waals surface area contributed by atoms with Crippen LogP contribution in [0.25, 0.3) is 10.2 Å². The lowest BCUT2D eigenvalue weighted by atomic mass is 10.3. The summed E-state index contributed by atoms with van der Waals surface area (Å²) in [6, 6.07) is 4.07. The van der Waals surface area contributed by atoms with Crippen LogP contribution >= 0.6 is 23.1 Å². The van der Waals surface area contributed by atoms with Gasteiger partial charge >= 0.3 is 0 Å². The topological polar surface area (TPSA) is 42.0 Å². The molecule has 1 N–H and O–H groups in total. The van der Waals surface area contributed by atoms with E-state index < -0.39 is 0 Å². The third-order valence-corrected chi connectivity index (χ3v) is 4.22. The summed E-state index contributed by atoms with van der Waals surface area (Å²) >= 11 is 3.23. The zero-order chi connectivity index (χ0) is 10.4. The highest BCUT2D eigenvalue weighted by Gasteiger charge is 2.16. The predicted octanol–water partition coefficient (Wildman–Crippen LogP) is 2.65. The van der Waals surface area contributed by atoms with E-state index in [-0.39, 0.29) is 5.91 Å². The number of hydrogen-bond acceptors (Lipinski definition) is 4. The van der Waals surface area contributed by atoms with E-state index in [0.717, 1.165) is 25.8 Å². The SMILES string of the molecule is Cc1nc2cc3c(cc2s1)NC(=O)CS3. The minimum absolute atomic E-state index is 0.0769. The van der Waals surface area contributed by atoms with E-state index in [0.29, 0.717) is 5.75 Å². The van der Waals surface area contributed by atoms with Gasteiger partial charge in [-0.3, -0.25) is 4.79 Å². The number of aryl methyl sites for hydroxylation is 1. The van der Waals surface area contributed by atoms with E-state index in [1.54, 1.807) is 23.1 Å². The molecule has 5 heteroatoms. The zero-order valence-corrected chi connectivity index (χ0v) is 9.67. The Morgan fingerprint density at radius 1 is 1.47 bits per heavy atom. The number of thioether (sulfide) groups is 1. The number of benzene rings is 1. The molecule has 0 saturated heterocycles. The molecule has 0 spiro atoms. The molecular weight excluding hydrogens is 228 g/mol. The minimum atomic E-state index is 0.0769. The van der Waals surface area contributed by atoms with Crippen LogP contribution in [-0.2, 0) is 4.79 Å².